The van der Waals surface area contributed by atoms with Gasteiger partial charge in [0.05, 0.1) is 6.61 Å². The topological polar surface area (TPSA) is 71.1 Å². The first-order valence-corrected chi connectivity index (χ1v) is 13.2. The molecule has 200 valence electrons. The molecule has 1 aromatic carbocycles. The summed E-state index contributed by atoms with van der Waals surface area (Å²) in [6, 6.07) is 8.47. The summed E-state index contributed by atoms with van der Waals surface area (Å²) >= 11 is 6.40. The summed E-state index contributed by atoms with van der Waals surface area (Å²) in [5.74, 6) is -0.372. The van der Waals surface area contributed by atoms with Crippen LogP contribution in [0.2, 0.25) is 0 Å². The van der Waals surface area contributed by atoms with E-state index in [4.69, 9.17) is 21.2 Å². The minimum atomic E-state index is -0.607. The first-order chi connectivity index (χ1) is 17.7. The van der Waals surface area contributed by atoms with Crippen LogP contribution in [0, 0.1) is 0 Å². The molecule has 0 spiro atoms. The number of ether oxygens (including phenoxy) is 1. The van der Waals surface area contributed by atoms with Crippen molar-refractivity contribution >= 4 is 29.3 Å². The van der Waals surface area contributed by atoms with Gasteiger partial charge in [0.1, 0.15) is 5.60 Å². The van der Waals surface area contributed by atoms with E-state index >= 15 is 0 Å². The van der Waals surface area contributed by atoms with E-state index in [0.717, 1.165) is 43.0 Å². The number of carbonyl (C=O) groups is 2. The number of fused-ring (bicyclic) bond motifs is 2. The molecule has 1 heterocycles. The van der Waals surface area contributed by atoms with Gasteiger partial charge in [-0.25, -0.2) is 10.3 Å². The summed E-state index contributed by atoms with van der Waals surface area (Å²) in [5, 5.41) is 0.757. The van der Waals surface area contributed by atoms with E-state index in [1.807, 2.05) is 32.9 Å². The van der Waals surface area contributed by atoms with Crippen molar-refractivity contribution < 1.29 is 19.2 Å². The molecule has 2 aliphatic rings. The Labute approximate surface area is 225 Å². The third kappa shape index (κ3) is 8.79. The fraction of sp³-hybridized carbons (Fsp3) is 0.448. The Morgan fingerprint density at radius 3 is 2.70 bits per heavy atom. The second-order valence-electron chi connectivity index (χ2n) is 9.97. The summed E-state index contributed by atoms with van der Waals surface area (Å²) in [6.07, 6.45) is 12.3. The molecule has 3 rings (SSSR count). The summed E-state index contributed by atoms with van der Waals surface area (Å²) in [7, 11) is 0. The van der Waals surface area contributed by atoms with Gasteiger partial charge in [-0.2, -0.15) is 0 Å². The van der Waals surface area contributed by atoms with Crippen LogP contribution >= 0.6 is 11.6 Å². The molecule has 37 heavy (non-hydrogen) atoms. The molecule has 7 nitrogen and oxygen atoms in total. The Balaban J connectivity index is 1.66. The Bertz CT molecular complexity index is 1080. The van der Waals surface area contributed by atoms with E-state index in [0.29, 0.717) is 13.2 Å². The molecule has 0 saturated heterocycles. The molecule has 0 fully saturated rings. The number of allylic oxidation sites excluding steroid dienone is 5. The Morgan fingerprint density at radius 1 is 1.16 bits per heavy atom. The monoisotopic (exact) mass is 527 g/mol. The number of hydrogen-bond donors (Lipinski definition) is 1. The van der Waals surface area contributed by atoms with Gasteiger partial charge >= 0.3 is 6.09 Å². The average Bonchev–Trinajstić information content (AvgIpc) is 2.99. The second kappa shape index (κ2) is 13.5. The fourth-order valence-electron chi connectivity index (χ4n) is 4.20. The standard InChI is InChI=1S/C29H38ClN3O4/c1-5-36-31-27(34)13-10-19-32(28(35)37-29(2,3)4)18-8-9-20-33-25-12-7-6-11-22(25)14-15-23-16-17-24(30)21-26(23)33/h6-7,10-13,15,17,21H,5,8-9,14,16,18-20H2,1-4H3,(H,31,34)/b13-10+. The number of anilines is 1. The van der Waals surface area contributed by atoms with Crippen molar-refractivity contribution in [2.45, 2.75) is 59.0 Å². The molecule has 0 saturated carbocycles. The van der Waals surface area contributed by atoms with Crippen molar-refractivity contribution in [2.24, 2.45) is 0 Å². The lowest BCUT2D eigenvalue weighted by Gasteiger charge is -2.31. The molecule has 0 bridgehead atoms. The summed E-state index contributed by atoms with van der Waals surface area (Å²) in [4.78, 5) is 33.5. The maximum absolute atomic E-state index is 12.8. The van der Waals surface area contributed by atoms with Gasteiger partial charge in [-0.3, -0.25) is 9.63 Å². The van der Waals surface area contributed by atoms with Gasteiger partial charge in [-0.1, -0.05) is 48.0 Å². The quantitative estimate of drug-likeness (QED) is 0.228. The normalized spacial score (nSPS) is 15.2. The van der Waals surface area contributed by atoms with E-state index < -0.39 is 11.7 Å². The first kappa shape index (κ1) is 28.5. The maximum Gasteiger partial charge on any atom is 0.410 e. The largest absolute Gasteiger partial charge is 0.444 e. The summed E-state index contributed by atoms with van der Waals surface area (Å²) in [5.41, 5.74) is 6.61. The van der Waals surface area contributed by atoms with Crippen molar-refractivity contribution in [3.63, 3.8) is 0 Å². The number of rotatable bonds is 10. The second-order valence-corrected chi connectivity index (χ2v) is 10.4. The smallest absolute Gasteiger partial charge is 0.410 e. The highest BCUT2D eigenvalue weighted by Gasteiger charge is 2.24. The van der Waals surface area contributed by atoms with Crippen LogP contribution in [0.4, 0.5) is 10.5 Å². The number of amides is 2. The SMILES string of the molecule is CCONC(=O)/C=C/CN(CCCCN1C2=CC(Cl)=CCC2=CCc2ccccc21)C(=O)OC(C)(C)C. The summed E-state index contributed by atoms with van der Waals surface area (Å²) < 4.78 is 5.59. The summed E-state index contributed by atoms with van der Waals surface area (Å²) in [6.45, 7) is 9.24. The van der Waals surface area contributed by atoms with Crippen LogP contribution in [0.25, 0.3) is 0 Å². The molecule has 0 radical (unpaired) electrons. The predicted octanol–water partition coefficient (Wildman–Crippen LogP) is 6.03. The van der Waals surface area contributed by atoms with Crippen LogP contribution in [-0.4, -0.2) is 48.7 Å². The number of nitrogens with one attached hydrogen (secondary N) is 1. The van der Waals surface area contributed by atoms with Crippen molar-refractivity contribution in [3.05, 3.63) is 76.5 Å². The minimum absolute atomic E-state index is 0.263. The van der Waals surface area contributed by atoms with Gasteiger partial charge < -0.3 is 14.5 Å². The van der Waals surface area contributed by atoms with E-state index in [2.05, 4.69) is 40.7 Å². The van der Waals surface area contributed by atoms with E-state index in [9.17, 15) is 9.59 Å². The number of hydrogen-bond acceptors (Lipinski definition) is 5. The molecule has 1 aliphatic carbocycles. The van der Waals surface area contributed by atoms with Crippen LogP contribution in [-0.2, 0) is 20.8 Å². The number of benzene rings is 1. The number of para-hydroxylation sites is 1. The Morgan fingerprint density at radius 2 is 1.95 bits per heavy atom. The van der Waals surface area contributed by atoms with Gasteiger partial charge in [-0.15, -0.1) is 0 Å². The molecule has 8 heteroatoms. The molecule has 0 aromatic heterocycles. The average molecular weight is 528 g/mol. The molecule has 1 N–H and O–H groups in total. The maximum atomic E-state index is 12.8. The van der Waals surface area contributed by atoms with E-state index in [1.54, 1.807) is 17.9 Å². The third-order valence-electron chi connectivity index (χ3n) is 5.89. The molecular weight excluding hydrogens is 490 g/mol. The zero-order valence-electron chi connectivity index (χ0n) is 22.3. The lowest BCUT2D eigenvalue weighted by Crippen LogP contribution is -2.38. The highest BCUT2D eigenvalue weighted by molar-refractivity contribution is 6.31. The lowest BCUT2D eigenvalue weighted by atomic mass is 10.0. The third-order valence-corrected chi connectivity index (χ3v) is 6.15. The van der Waals surface area contributed by atoms with Gasteiger partial charge in [0.25, 0.3) is 5.91 Å². The van der Waals surface area contributed by atoms with Crippen molar-refractivity contribution in [1.82, 2.24) is 10.4 Å². The number of nitrogens with zero attached hydrogens (tertiary/aromatic N) is 2. The van der Waals surface area contributed by atoms with Crippen LogP contribution in [0.3, 0.4) is 0 Å². The van der Waals surface area contributed by atoms with Gasteiger partial charge in [0.15, 0.2) is 0 Å². The van der Waals surface area contributed by atoms with Crippen molar-refractivity contribution in [2.75, 3.05) is 31.1 Å². The van der Waals surface area contributed by atoms with Crippen LogP contribution < -0.4 is 10.4 Å². The zero-order valence-corrected chi connectivity index (χ0v) is 23.0. The molecular formula is C29H38ClN3O4. The molecule has 0 atom stereocenters. The molecule has 1 aromatic rings. The Kier molecular flexibility index (Phi) is 10.4. The highest BCUT2D eigenvalue weighted by atomic mass is 35.5. The van der Waals surface area contributed by atoms with Gasteiger partial charge in [0.2, 0.25) is 0 Å². The van der Waals surface area contributed by atoms with Crippen LogP contribution in [0.5, 0.6) is 0 Å². The minimum Gasteiger partial charge on any atom is -0.444 e. The molecule has 0 unspecified atom stereocenters. The zero-order chi connectivity index (χ0) is 26.8. The Hall–Kier alpha value is -3.03. The van der Waals surface area contributed by atoms with Crippen molar-refractivity contribution in [1.29, 1.82) is 0 Å². The van der Waals surface area contributed by atoms with Gasteiger partial charge in [0, 0.05) is 42.1 Å². The lowest BCUT2D eigenvalue weighted by molar-refractivity contribution is -0.128. The number of unbranched alkanes of at least 4 members (excludes halogenated alkanes) is 1. The molecule has 2 amide bonds. The number of hydroxylamine groups is 1. The van der Waals surface area contributed by atoms with Gasteiger partial charge in [-0.05, 0) is 76.7 Å². The van der Waals surface area contributed by atoms with E-state index in [-0.39, 0.29) is 12.5 Å². The van der Waals surface area contributed by atoms with E-state index in [1.165, 1.54) is 22.9 Å². The fourth-order valence-corrected chi connectivity index (χ4v) is 4.38. The first-order valence-electron chi connectivity index (χ1n) is 12.9. The molecule has 1 aliphatic heterocycles. The predicted molar refractivity (Wildman–Crippen MR) is 148 cm³/mol. The van der Waals surface area contributed by atoms with Crippen LogP contribution in [0.1, 0.15) is 52.5 Å². The highest BCUT2D eigenvalue weighted by Crippen LogP contribution is 2.36. The number of halogens is 1. The van der Waals surface area contributed by atoms with Crippen LogP contribution in [0.15, 0.2) is 70.9 Å². The van der Waals surface area contributed by atoms with Crippen molar-refractivity contribution in [3.8, 4) is 0 Å². The number of carbonyl (C=O) groups excluding carboxylic acids is 2.